The standard InChI is InChI=1S/C24H31F8NO2/c1-21(2,3)10-8-17(9-11-23(27,28)29)33-13-12-22(25,26)18(14-19(34)35)20(33)15-4-6-16(7-5-15)24(30,31)32/h4-7,17-18,20H,8-14H2,1-3H3,(H,34,35)/t17-,18-,20-/m1/s1. The van der Waals surface area contributed by atoms with Crippen molar-refractivity contribution in [2.45, 2.75) is 89.7 Å². The molecule has 0 unspecified atom stereocenters. The molecule has 2 rings (SSSR count). The number of nitrogens with zero attached hydrogens (tertiary/aromatic N) is 1. The Morgan fingerprint density at radius 1 is 1.03 bits per heavy atom. The molecule has 1 aromatic rings. The van der Waals surface area contributed by atoms with Crippen molar-refractivity contribution in [2.24, 2.45) is 11.3 Å². The van der Waals surface area contributed by atoms with Gasteiger partial charge in [0.25, 0.3) is 5.92 Å². The third-order valence-electron chi connectivity index (χ3n) is 6.42. The maximum absolute atomic E-state index is 15.0. The number of carboxylic acid groups (broad SMARTS) is 1. The summed E-state index contributed by atoms with van der Waals surface area (Å²) >= 11 is 0. The molecule has 200 valence electrons. The average molecular weight is 518 g/mol. The molecule has 0 amide bonds. The highest BCUT2D eigenvalue weighted by atomic mass is 19.4. The molecule has 0 bridgehead atoms. The van der Waals surface area contributed by atoms with Crippen molar-refractivity contribution in [3.05, 3.63) is 35.4 Å². The molecule has 1 aromatic carbocycles. The van der Waals surface area contributed by atoms with Crippen LogP contribution >= 0.6 is 0 Å². The van der Waals surface area contributed by atoms with Gasteiger partial charge in [0.15, 0.2) is 0 Å². The van der Waals surface area contributed by atoms with Crippen molar-refractivity contribution in [1.82, 2.24) is 4.90 Å². The number of alkyl halides is 8. The summed E-state index contributed by atoms with van der Waals surface area (Å²) in [6.07, 6.45) is -11.7. The van der Waals surface area contributed by atoms with Gasteiger partial charge in [-0.2, -0.15) is 26.3 Å². The van der Waals surface area contributed by atoms with Crippen LogP contribution in [0.3, 0.4) is 0 Å². The number of likely N-dealkylation sites (tertiary alicyclic amines) is 1. The van der Waals surface area contributed by atoms with Crippen LogP contribution in [0, 0.1) is 11.3 Å². The molecule has 1 fully saturated rings. The minimum Gasteiger partial charge on any atom is -0.481 e. The van der Waals surface area contributed by atoms with Gasteiger partial charge in [0.1, 0.15) is 0 Å². The van der Waals surface area contributed by atoms with Gasteiger partial charge in [0, 0.05) is 31.5 Å². The predicted molar refractivity (Wildman–Crippen MR) is 114 cm³/mol. The van der Waals surface area contributed by atoms with E-state index in [4.69, 9.17) is 0 Å². The van der Waals surface area contributed by atoms with E-state index in [0.717, 1.165) is 24.3 Å². The summed E-state index contributed by atoms with van der Waals surface area (Å²) in [6.45, 7) is 5.36. The number of rotatable bonds is 8. The number of carbonyl (C=O) groups is 1. The summed E-state index contributed by atoms with van der Waals surface area (Å²) in [7, 11) is 0. The minimum absolute atomic E-state index is 0.0244. The number of carboxylic acids is 1. The van der Waals surface area contributed by atoms with Crippen LogP contribution in [-0.2, 0) is 11.0 Å². The quantitative estimate of drug-likeness (QED) is 0.359. The summed E-state index contributed by atoms with van der Waals surface area (Å²) < 4.78 is 108. The molecule has 0 saturated carbocycles. The van der Waals surface area contributed by atoms with Gasteiger partial charge in [-0.05, 0) is 42.4 Å². The molecule has 0 spiro atoms. The molecule has 3 atom stereocenters. The van der Waals surface area contributed by atoms with Gasteiger partial charge in [0.2, 0.25) is 0 Å². The van der Waals surface area contributed by atoms with Gasteiger partial charge < -0.3 is 5.11 Å². The number of aliphatic carboxylic acids is 1. The normalized spacial score (nSPS) is 22.7. The lowest BCUT2D eigenvalue weighted by molar-refractivity contribution is -0.167. The zero-order chi connectivity index (χ0) is 26.8. The summed E-state index contributed by atoms with van der Waals surface area (Å²) in [6, 6.07) is 1.31. The Balaban J connectivity index is 2.54. The van der Waals surface area contributed by atoms with Crippen molar-refractivity contribution in [3.63, 3.8) is 0 Å². The Morgan fingerprint density at radius 2 is 1.57 bits per heavy atom. The van der Waals surface area contributed by atoms with Crippen molar-refractivity contribution in [2.75, 3.05) is 6.54 Å². The lowest BCUT2D eigenvalue weighted by Gasteiger charge is -2.49. The lowest BCUT2D eigenvalue weighted by Crippen LogP contribution is -2.53. The molecule has 1 N–H and O–H groups in total. The number of hydrogen-bond acceptors (Lipinski definition) is 2. The van der Waals surface area contributed by atoms with E-state index in [2.05, 4.69) is 0 Å². The van der Waals surface area contributed by atoms with Crippen LogP contribution in [0.25, 0.3) is 0 Å². The largest absolute Gasteiger partial charge is 0.481 e. The molecule has 3 nitrogen and oxygen atoms in total. The van der Waals surface area contributed by atoms with E-state index in [9.17, 15) is 45.0 Å². The maximum atomic E-state index is 15.0. The molecular weight excluding hydrogens is 486 g/mol. The van der Waals surface area contributed by atoms with Crippen molar-refractivity contribution in [1.29, 1.82) is 0 Å². The van der Waals surface area contributed by atoms with E-state index in [1.165, 1.54) is 4.90 Å². The molecule has 0 radical (unpaired) electrons. The number of halogens is 8. The molecule has 11 heteroatoms. The Labute approximate surface area is 199 Å². The van der Waals surface area contributed by atoms with E-state index in [-0.39, 0.29) is 30.4 Å². The highest BCUT2D eigenvalue weighted by molar-refractivity contribution is 5.67. The Morgan fingerprint density at radius 3 is 2.03 bits per heavy atom. The van der Waals surface area contributed by atoms with Crippen LogP contribution in [0.4, 0.5) is 35.1 Å². The van der Waals surface area contributed by atoms with Crippen molar-refractivity contribution >= 4 is 5.97 Å². The van der Waals surface area contributed by atoms with Gasteiger partial charge >= 0.3 is 18.3 Å². The number of hydrogen-bond donors (Lipinski definition) is 1. The zero-order valence-corrected chi connectivity index (χ0v) is 19.8. The maximum Gasteiger partial charge on any atom is 0.416 e. The van der Waals surface area contributed by atoms with Crippen LogP contribution in [-0.4, -0.2) is 40.7 Å². The van der Waals surface area contributed by atoms with Crippen LogP contribution in [0.2, 0.25) is 0 Å². The van der Waals surface area contributed by atoms with Crippen LogP contribution in [0.15, 0.2) is 24.3 Å². The van der Waals surface area contributed by atoms with E-state index >= 15 is 0 Å². The van der Waals surface area contributed by atoms with Crippen LogP contribution in [0.5, 0.6) is 0 Å². The second-order valence-electron chi connectivity index (χ2n) is 10.4. The van der Waals surface area contributed by atoms with Gasteiger partial charge in [-0.3, -0.25) is 9.69 Å². The first-order chi connectivity index (χ1) is 15.8. The predicted octanol–water partition coefficient (Wildman–Crippen LogP) is 7.72. The van der Waals surface area contributed by atoms with Gasteiger partial charge in [0.05, 0.1) is 17.9 Å². The first kappa shape index (κ1) is 29.3. The van der Waals surface area contributed by atoms with E-state index < -0.39 is 67.1 Å². The van der Waals surface area contributed by atoms with Crippen molar-refractivity contribution < 1.29 is 45.0 Å². The lowest BCUT2D eigenvalue weighted by atomic mass is 9.77. The average Bonchev–Trinajstić information content (AvgIpc) is 2.67. The van der Waals surface area contributed by atoms with Gasteiger partial charge in [-0.15, -0.1) is 0 Å². The second kappa shape index (κ2) is 10.6. The van der Waals surface area contributed by atoms with Gasteiger partial charge in [-0.25, -0.2) is 8.78 Å². The van der Waals surface area contributed by atoms with Crippen LogP contribution < -0.4 is 0 Å². The Bertz CT molecular complexity index is 825. The SMILES string of the molecule is CC(C)(C)CC[C@H](CCC(F)(F)F)N1CCC(F)(F)[C@H](CC(=O)O)[C@H]1c1ccc(C(F)(F)F)cc1. The summed E-state index contributed by atoms with van der Waals surface area (Å²) in [5.74, 6) is -6.79. The van der Waals surface area contributed by atoms with E-state index in [1.54, 1.807) is 0 Å². The molecule has 1 saturated heterocycles. The highest BCUT2D eigenvalue weighted by Gasteiger charge is 2.52. The second-order valence-corrected chi connectivity index (χ2v) is 10.4. The molecule has 1 aliphatic rings. The molecule has 35 heavy (non-hydrogen) atoms. The van der Waals surface area contributed by atoms with E-state index in [1.807, 2.05) is 20.8 Å². The molecular formula is C24H31F8NO2. The topological polar surface area (TPSA) is 40.5 Å². The number of benzene rings is 1. The van der Waals surface area contributed by atoms with E-state index in [0.29, 0.717) is 6.42 Å². The Hall–Kier alpha value is -1.91. The summed E-state index contributed by atoms with van der Waals surface area (Å²) in [4.78, 5) is 12.9. The number of piperidine rings is 1. The molecule has 0 aromatic heterocycles. The third kappa shape index (κ3) is 8.61. The monoisotopic (exact) mass is 517 g/mol. The van der Waals surface area contributed by atoms with Gasteiger partial charge in [-0.1, -0.05) is 32.9 Å². The third-order valence-corrected chi connectivity index (χ3v) is 6.42. The Kier molecular flexibility index (Phi) is 8.88. The zero-order valence-electron chi connectivity index (χ0n) is 19.8. The minimum atomic E-state index is -4.67. The summed E-state index contributed by atoms with van der Waals surface area (Å²) in [5, 5.41) is 9.31. The van der Waals surface area contributed by atoms with Crippen molar-refractivity contribution in [3.8, 4) is 0 Å². The highest BCUT2D eigenvalue weighted by Crippen LogP contribution is 2.49. The fourth-order valence-electron chi connectivity index (χ4n) is 4.62. The smallest absolute Gasteiger partial charge is 0.416 e. The first-order valence-corrected chi connectivity index (χ1v) is 11.4. The summed E-state index contributed by atoms with van der Waals surface area (Å²) in [5.41, 5.74) is -1.25. The molecule has 1 aliphatic heterocycles. The van der Waals surface area contributed by atoms with Crippen LogP contribution in [0.1, 0.15) is 76.5 Å². The molecule has 0 aliphatic carbocycles. The first-order valence-electron chi connectivity index (χ1n) is 11.4. The fourth-order valence-corrected chi connectivity index (χ4v) is 4.62. The fraction of sp³-hybridized carbons (Fsp3) is 0.708. The molecule has 1 heterocycles.